The molecule has 0 atom stereocenters. The summed E-state index contributed by atoms with van der Waals surface area (Å²) in [5, 5.41) is 0. The Morgan fingerprint density at radius 1 is 0.893 bits per heavy atom. The van der Waals surface area contributed by atoms with Gasteiger partial charge in [0.1, 0.15) is 5.75 Å². The van der Waals surface area contributed by atoms with Crippen LogP contribution < -0.4 is 4.74 Å². The molecule has 0 bridgehead atoms. The van der Waals surface area contributed by atoms with E-state index in [1.54, 1.807) is 24.3 Å². The minimum Gasteiger partial charge on any atom is -0.481 e. The van der Waals surface area contributed by atoms with Crippen LogP contribution in [0.5, 0.6) is 5.75 Å². The number of esters is 1. The van der Waals surface area contributed by atoms with Crippen LogP contribution in [0.15, 0.2) is 42.5 Å². The average Bonchev–Trinajstić information content (AvgIpc) is 2.92. The summed E-state index contributed by atoms with van der Waals surface area (Å²) >= 11 is 0. The van der Waals surface area contributed by atoms with E-state index in [1.807, 2.05) is 32.0 Å². The van der Waals surface area contributed by atoms with Crippen LogP contribution in [-0.4, -0.2) is 42.4 Å². The Kier molecular flexibility index (Phi) is 6.09. The predicted octanol–water partition coefficient (Wildman–Crippen LogP) is 3.30. The van der Waals surface area contributed by atoms with Crippen LogP contribution in [0, 0.1) is 13.8 Å². The first-order valence-corrected chi connectivity index (χ1v) is 9.29. The molecule has 0 spiro atoms. The molecule has 6 heteroatoms. The van der Waals surface area contributed by atoms with Gasteiger partial charge in [-0.25, -0.2) is 4.79 Å². The quantitative estimate of drug-likeness (QED) is 0.399. The standard InChI is InChI=1S/C22H23NO5/c1-15-8-7-9-16(2)20(15)28-14-19(24)27-13-6-5-12-23-21(25)17-10-3-4-11-18(17)22(23)26/h3-4,7-11H,5-6,12-14H2,1-2H3. The molecule has 2 aromatic rings. The maximum Gasteiger partial charge on any atom is 0.344 e. The van der Waals surface area contributed by atoms with Crippen molar-refractivity contribution in [2.45, 2.75) is 26.7 Å². The van der Waals surface area contributed by atoms with E-state index in [2.05, 4.69) is 0 Å². The number of unbranched alkanes of at least 4 members (excludes halogenated alkanes) is 1. The van der Waals surface area contributed by atoms with E-state index in [4.69, 9.17) is 9.47 Å². The third-order valence-electron chi connectivity index (χ3n) is 4.66. The predicted molar refractivity (Wildman–Crippen MR) is 103 cm³/mol. The van der Waals surface area contributed by atoms with E-state index in [0.29, 0.717) is 36.3 Å². The number of nitrogens with zero attached hydrogens (tertiary/aromatic N) is 1. The molecule has 0 saturated heterocycles. The lowest BCUT2D eigenvalue weighted by Crippen LogP contribution is -2.30. The number of carbonyl (C=O) groups excluding carboxylic acids is 3. The third kappa shape index (κ3) is 4.22. The van der Waals surface area contributed by atoms with Crippen molar-refractivity contribution in [3.8, 4) is 5.75 Å². The molecule has 0 N–H and O–H groups in total. The molecule has 1 aliphatic heterocycles. The van der Waals surface area contributed by atoms with Crippen LogP contribution in [-0.2, 0) is 9.53 Å². The normalized spacial score (nSPS) is 12.9. The van der Waals surface area contributed by atoms with Crippen molar-refractivity contribution >= 4 is 17.8 Å². The van der Waals surface area contributed by atoms with Gasteiger partial charge >= 0.3 is 5.97 Å². The lowest BCUT2D eigenvalue weighted by molar-refractivity contribution is -0.146. The smallest absolute Gasteiger partial charge is 0.344 e. The highest BCUT2D eigenvalue weighted by Crippen LogP contribution is 2.23. The van der Waals surface area contributed by atoms with Crippen molar-refractivity contribution in [3.05, 3.63) is 64.7 Å². The summed E-state index contributed by atoms with van der Waals surface area (Å²) < 4.78 is 10.7. The molecule has 146 valence electrons. The first-order valence-electron chi connectivity index (χ1n) is 9.29. The Morgan fingerprint density at radius 3 is 2.11 bits per heavy atom. The summed E-state index contributed by atoms with van der Waals surface area (Å²) in [5.41, 5.74) is 2.83. The molecule has 6 nitrogen and oxygen atoms in total. The van der Waals surface area contributed by atoms with Gasteiger partial charge in [-0.3, -0.25) is 14.5 Å². The summed E-state index contributed by atoms with van der Waals surface area (Å²) in [6.45, 7) is 4.23. The number of benzene rings is 2. The largest absolute Gasteiger partial charge is 0.481 e. The summed E-state index contributed by atoms with van der Waals surface area (Å²) in [6.07, 6.45) is 1.12. The molecule has 1 aliphatic rings. The second-order valence-electron chi connectivity index (χ2n) is 6.74. The van der Waals surface area contributed by atoms with E-state index in [-0.39, 0.29) is 25.0 Å². The number of amides is 2. The number of carbonyl (C=O) groups is 3. The number of hydrogen-bond acceptors (Lipinski definition) is 5. The monoisotopic (exact) mass is 381 g/mol. The number of aryl methyl sites for hydroxylation is 2. The zero-order chi connectivity index (χ0) is 20.1. The van der Waals surface area contributed by atoms with E-state index in [9.17, 15) is 14.4 Å². The molecule has 0 fully saturated rings. The number of rotatable bonds is 8. The summed E-state index contributed by atoms with van der Waals surface area (Å²) in [6, 6.07) is 12.6. The van der Waals surface area contributed by atoms with Gasteiger partial charge in [0.25, 0.3) is 11.8 Å². The average molecular weight is 381 g/mol. The van der Waals surface area contributed by atoms with Crippen molar-refractivity contribution < 1.29 is 23.9 Å². The lowest BCUT2D eigenvalue weighted by atomic mass is 10.1. The summed E-state index contributed by atoms with van der Waals surface area (Å²) in [7, 11) is 0. The molecule has 0 unspecified atom stereocenters. The summed E-state index contributed by atoms with van der Waals surface area (Å²) in [4.78, 5) is 37.6. The minimum atomic E-state index is -0.441. The highest BCUT2D eigenvalue weighted by atomic mass is 16.6. The highest BCUT2D eigenvalue weighted by Gasteiger charge is 2.34. The molecular weight excluding hydrogens is 358 g/mol. The third-order valence-corrected chi connectivity index (χ3v) is 4.66. The van der Waals surface area contributed by atoms with Crippen molar-refractivity contribution in [2.75, 3.05) is 19.8 Å². The van der Waals surface area contributed by atoms with E-state index < -0.39 is 5.97 Å². The van der Waals surface area contributed by atoms with Crippen LogP contribution in [0.2, 0.25) is 0 Å². The maximum atomic E-state index is 12.3. The lowest BCUT2D eigenvalue weighted by Gasteiger charge is -2.14. The van der Waals surface area contributed by atoms with Gasteiger partial charge in [0.2, 0.25) is 0 Å². The minimum absolute atomic E-state index is 0.149. The molecule has 1 heterocycles. The molecule has 0 aromatic heterocycles. The number of imide groups is 1. The fraction of sp³-hybridized carbons (Fsp3) is 0.318. The second-order valence-corrected chi connectivity index (χ2v) is 6.74. The van der Waals surface area contributed by atoms with Crippen LogP contribution in [0.3, 0.4) is 0 Å². The number of fused-ring (bicyclic) bond motifs is 1. The van der Waals surface area contributed by atoms with Gasteiger partial charge in [0, 0.05) is 6.54 Å². The van der Waals surface area contributed by atoms with Crippen LogP contribution >= 0.6 is 0 Å². The number of para-hydroxylation sites is 1. The van der Waals surface area contributed by atoms with Gasteiger partial charge in [-0.2, -0.15) is 0 Å². The van der Waals surface area contributed by atoms with Crippen LogP contribution in [0.1, 0.15) is 44.7 Å². The molecule has 0 radical (unpaired) electrons. The Hall–Kier alpha value is -3.15. The first-order chi connectivity index (χ1) is 13.5. The molecule has 2 aromatic carbocycles. The van der Waals surface area contributed by atoms with Gasteiger partial charge in [0.15, 0.2) is 6.61 Å². The highest BCUT2D eigenvalue weighted by molar-refractivity contribution is 6.21. The topological polar surface area (TPSA) is 72.9 Å². The molecule has 0 aliphatic carbocycles. The van der Waals surface area contributed by atoms with Crippen molar-refractivity contribution in [1.82, 2.24) is 4.90 Å². The molecule has 2 amide bonds. The fourth-order valence-corrected chi connectivity index (χ4v) is 3.20. The second kappa shape index (κ2) is 8.69. The Morgan fingerprint density at radius 2 is 1.50 bits per heavy atom. The van der Waals surface area contributed by atoms with Crippen LogP contribution in [0.25, 0.3) is 0 Å². The van der Waals surface area contributed by atoms with Crippen molar-refractivity contribution in [1.29, 1.82) is 0 Å². The zero-order valence-corrected chi connectivity index (χ0v) is 16.1. The first kappa shape index (κ1) is 19.6. The molecule has 28 heavy (non-hydrogen) atoms. The zero-order valence-electron chi connectivity index (χ0n) is 16.1. The van der Waals surface area contributed by atoms with Gasteiger partial charge in [0.05, 0.1) is 17.7 Å². The molecule has 0 saturated carbocycles. The Labute approximate surface area is 164 Å². The number of ether oxygens (including phenoxy) is 2. The van der Waals surface area contributed by atoms with Gasteiger partial charge in [-0.1, -0.05) is 30.3 Å². The van der Waals surface area contributed by atoms with Gasteiger partial charge < -0.3 is 9.47 Å². The van der Waals surface area contributed by atoms with Crippen molar-refractivity contribution in [3.63, 3.8) is 0 Å². The summed E-state index contributed by atoms with van der Waals surface area (Å²) in [5.74, 6) is -0.271. The Balaban J connectivity index is 1.37. The maximum absolute atomic E-state index is 12.3. The van der Waals surface area contributed by atoms with Crippen LogP contribution in [0.4, 0.5) is 0 Å². The van der Waals surface area contributed by atoms with E-state index >= 15 is 0 Å². The Bertz CT molecular complexity index is 850. The molecule has 3 rings (SSSR count). The van der Waals surface area contributed by atoms with Gasteiger partial charge in [-0.05, 0) is 49.9 Å². The van der Waals surface area contributed by atoms with E-state index in [1.165, 1.54) is 4.90 Å². The SMILES string of the molecule is Cc1cccc(C)c1OCC(=O)OCCCCN1C(=O)c2ccccc2C1=O. The van der Waals surface area contributed by atoms with Gasteiger partial charge in [-0.15, -0.1) is 0 Å². The van der Waals surface area contributed by atoms with E-state index in [0.717, 1.165) is 11.1 Å². The molecular formula is C22H23NO5. The van der Waals surface area contributed by atoms with Crippen molar-refractivity contribution in [2.24, 2.45) is 0 Å². The number of hydrogen-bond donors (Lipinski definition) is 0. The fourth-order valence-electron chi connectivity index (χ4n) is 3.20.